The first kappa shape index (κ1) is 18.8. The second-order valence-electron chi connectivity index (χ2n) is 7.42. The minimum Gasteiger partial charge on any atom is -0.397 e. The lowest BCUT2D eigenvalue weighted by atomic mass is 10.1. The van der Waals surface area contributed by atoms with Gasteiger partial charge in [-0.1, -0.05) is 24.3 Å². The summed E-state index contributed by atoms with van der Waals surface area (Å²) in [7, 11) is 0. The molecular weight excluding hydrogens is 370 g/mol. The van der Waals surface area contributed by atoms with Crippen molar-refractivity contribution in [2.75, 3.05) is 18.8 Å². The van der Waals surface area contributed by atoms with E-state index in [1.54, 1.807) is 0 Å². The molecule has 1 aromatic carbocycles. The average molecular weight is 396 g/mol. The Morgan fingerprint density at radius 2 is 1.82 bits per heavy atom. The number of carbonyl (C=O) groups is 1. The Balaban J connectivity index is 1.42. The third-order valence-corrected chi connectivity index (χ3v) is 6.51. The zero-order valence-corrected chi connectivity index (χ0v) is 17.1. The highest BCUT2D eigenvalue weighted by molar-refractivity contribution is 7.21. The predicted molar refractivity (Wildman–Crippen MR) is 113 cm³/mol. The predicted octanol–water partition coefficient (Wildman–Crippen LogP) is 3.42. The highest BCUT2D eigenvalue weighted by Gasteiger charge is 2.19. The van der Waals surface area contributed by atoms with Crippen molar-refractivity contribution in [1.82, 2.24) is 20.4 Å². The Hall–Kier alpha value is -2.51. The summed E-state index contributed by atoms with van der Waals surface area (Å²) in [5.74, 6) is -0.168. The van der Waals surface area contributed by atoms with Gasteiger partial charge in [0.15, 0.2) is 0 Å². The minimum absolute atomic E-state index is 0.168. The Bertz CT molecular complexity index is 1010. The van der Waals surface area contributed by atoms with Crippen LogP contribution in [0, 0.1) is 13.8 Å². The first-order chi connectivity index (χ1) is 13.5. The second-order valence-corrected chi connectivity index (χ2v) is 8.42. The number of nitrogens with one attached hydrogen (secondary N) is 1. The number of hydrogen-bond acceptors (Lipinski definition) is 6. The average Bonchev–Trinajstić information content (AvgIpc) is 3.32. The van der Waals surface area contributed by atoms with E-state index in [-0.39, 0.29) is 5.91 Å². The lowest BCUT2D eigenvalue weighted by Crippen LogP contribution is -2.22. The zero-order valence-electron chi connectivity index (χ0n) is 16.3. The fraction of sp³-hybridized carbons (Fsp3) is 0.381. The van der Waals surface area contributed by atoms with Crippen LogP contribution in [0.1, 0.15) is 44.9 Å². The maximum Gasteiger partial charge on any atom is 0.263 e. The summed E-state index contributed by atoms with van der Waals surface area (Å²) in [5, 5.41) is 12.1. The molecule has 1 aliphatic rings. The number of carbonyl (C=O) groups excluding carboxylic acids is 1. The molecule has 146 valence electrons. The lowest BCUT2D eigenvalue weighted by molar-refractivity contribution is 0.0956. The third-order valence-electron chi connectivity index (χ3n) is 5.42. The topological polar surface area (TPSA) is 84.1 Å². The number of nitrogen functional groups attached to an aromatic ring is 1. The third kappa shape index (κ3) is 3.72. The minimum atomic E-state index is -0.168. The van der Waals surface area contributed by atoms with Crippen LogP contribution in [0.15, 0.2) is 24.3 Å². The largest absolute Gasteiger partial charge is 0.397 e. The number of nitrogens with zero attached hydrogens (tertiary/aromatic N) is 3. The zero-order chi connectivity index (χ0) is 19.7. The van der Waals surface area contributed by atoms with Crippen LogP contribution in [0.5, 0.6) is 0 Å². The monoisotopic (exact) mass is 395 g/mol. The van der Waals surface area contributed by atoms with Gasteiger partial charge in [-0.3, -0.25) is 9.69 Å². The van der Waals surface area contributed by atoms with Crippen molar-refractivity contribution in [2.45, 2.75) is 39.8 Å². The summed E-state index contributed by atoms with van der Waals surface area (Å²) in [6.45, 7) is 7.72. The maximum absolute atomic E-state index is 12.7. The molecular formula is C21H25N5OS. The molecule has 0 saturated carbocycles. The van der Waals surface area contributed by atoms with Gasteiger partial charge in [-0.15, -0.1) is 16.4 Å². The first-order valence-electron chi connectivity index (χ1n) is 9.63. The van der Waals surface area contributed by atoms with E-state index in [4.69, 9.17) is 5.73 Å². The number of fused-ring (bicyclic) bond motifs is 1. The summed E-state index contributed by atoms with van der Waals surface area (Å²) in [6.07, 6.45) is 2.60. The number of hydrogen-bond donors (Lipinski definition) is 2. The Labute approximate surface area is 168 Å². The molecule has 1 amide bonds. The smallest absolute Gasteiger partial charge is 0.263 e. The SMILES string of the molecule is Cc1nnc2sc(C(=O)NCc3ccc(CN4CCCC4)cc3)c(N)c2c1C. The van der Waals surface area contributed by atoms with Crippen molar-refractivity contribution in [1.29, 1.82) is 0 Å². The molecule has 1 saturated heterocycles. The molecule has 0 atom stereocenters. The summed E-state index contributed by atoms with van der Waals surface area (Å²) < 4.78 is 0. The lowest BCUT2D eigenvalue weighted by Gasteiger charge is -2.14. The van der Waals surface area contributed by atoms with E-state index in [2.05, 4.69) is 44.7 Å². The highest BCUT2D eigenvalue weighted by Crippen LogP contribution is 2.34. The van der Waals surface area contributed by atoms with E-state index in [9.17, 15) is 4.79 Å². The number of likely N-dealkylation sites (tertiary alicyclic amines) is 1. The molecule has 3 heterocycles. The molecule has 0 spiro atoms. The van der Waals surface area contributed by atoms with Crippen LogP contribution in [0.4, 0.5) is 5.69 Å². The molecule has 28 heavy (non-hydrogen) atoms. The Morgan fingerprint density at radius 1 is 1.14 bits per heavy atom. The fourth-order valence-electron chi connectivity index (χ4n) is 3.63. The van der Waals surface area contributed by atoms with Gasteiger partial charge >= 0.3 is 0 Å². The molecule has 1 aliphatic heterocycles. The number of rotatable bonds is 5. The molecule has 0 unspecified atom stereocenters. The van der Waals surface area contributed by atoms with E-state index in [1.807, 2.05) is 13.8 Å². The summed E-state index contributed by atoms with van der Waals surface area (Å²) in [5.41, 5.74) is 10.9. The van der Waals surface area contributed by atoms with E-state index in [1.165, 1.54) is 42.8 Å². The van der Waals surface area contributed by atoms with Crippen LogP contribution in [0.2, 0.25) is 0 Å². The summed E-state index contributed by atoms with van der Waals surface area (Å²) in [6, 6.07) is 8.46. The van der Waals surface area contributed by atoms with Crippen molar-refractivity contribution >= 4 is 33.1 Å². The summed E-state index contributed by atoms with van der Waals surface area (Å²) >= 11 is 1.29. The van der Waals surface area contributed by atoms with Gasteiger partial charge in [0.2, 0.25) is 0 Å². The molecule has 0 radical (unpaired) electrons. The van der Waals surface area contributed by atoms with Gasteiger partial charge in [0, 0.05) is 18.5 Å². The molecule has 2 aromatic heterocycles. The van der Waals surface area contributed by atoms with Gasteiger partial charge in [-0.05, 0) is 56.5 Å². The summed E-state index contributed by atoms with van der Waals surface area (Å²) in [4.78, 5) is 16.4. The molecule has 6 nitrogen and oxygen atoms in total. The van der Waals surface area contributed by atoms with Gasteiger partial charge in [0.1, 0.15) is 9.71 Å². The van der Waals surface area contributed by atoms with Gasteiger partial charge in [-0.25, -0.2) is 0 Å². The molecule has 1 fully saturated rings. The number of anilines is 1. The van der Waals surface area contributed by atoms with Crippen LogP contribution >= 0.6 is 11.3 Å². The van der Waals surface area contributed by atoms with Crippen molar-refractivity contribution in [3.8, 4) is 0 Å². The van der Waals surface area contributed by atoms with Gasteiger partial charge in [-0.2, -0.15) is 5.10 Å². The Kier molecular flexibility index (Phi) is 5.28. The van der Waals surface area contributed by atoms with Crippen LogP contribution < -0.4 is 11.1 Å². The van der Waals surface area contributed by atoms with Crippen molar-refractivity contribution in [2.24, 2.45) is 0 Å². The number of nitrogens with two attached hydrogens (primary N) is 1. The Morgan fingerprint density at radius 3 is 2.54 bits per heavy atom. The molecule has 7 heteroatoms. The molecule has 3 N–H and O–H groups in total. The van der Waals surface area contributed by atoms with Crippen LogP contribution in [-0.2, 0) is 13.1 Å². The molecule has 4 rings (SSSR count). The van der Waals surface area contributed by atoms with Gasteiger partial charge in [0.25, 0.3) is 5.91 Å². The van der Waals surface area contributed by atoms with Gasteiger partial charge < -0.3 is 11.1 Å². The van der Waals surface area contributed by atoms with Crippen LogP contribution in [0.3, 0.4) is 0 Å². The van der Waals surface area contributed by atoms with Crippen LogP contribution in [-0.4, -0.2) is 34.1 Å². The van der Waals surface area contributed by atoms with E-state index in [0.717, 1.165) is 28.8 Å². The van der Waals surface area contributed by atoms with E-state index < -0.39 is 0 Å². The molecule has 0 aliphatic carbocycles. The standard InChI is InChI=1S/C21H25N5OS/c1-13-14(2)24-25-21-17(13)18(22)19(28-21)20(27)23-11-15-5-7-16(8-6-15)12-26-9-3-4-10-26/h5-8H,3-4,9-12,22H2,1-2H3,(H,23,27). The van der Waals surface area contributed by atoms with E-state index >= 15 is 0 Å². The van der Waals surface area contributed by atoms with E-state index in [0.29, 0.717) is 21.9 Å². The number of amides is 1. The second kappa shape index (κ2) is 7.85. The molecule has 0 bridgehead atoms. The number of thiophene rings is 1. The highest BCUT2D eigenvalue weighted by atomic mass is 32.1. The number of benzene rings is 1. The van der Waals surface area contributed by atoms with Crippen molar-refractivity contribution < 1.29 is 4.79 Å². The number of aromatic nitrogens is 2. The van der Waals surface area contributed by atoms with Crippen molar-refractivity contribution in [3.63, 3.8) is 0 Å². The number of aryl methyl sites for hydroxylation is 2. The quantitative estimate of drug-likeness (QED) is 0.692. The van der Waals surface area contributed by atoms with Crippen molar-refractivity contribution in [3.05, 3.63) is 51.5 Å². The fourth-order valence-corrected chi connectivity index (χ4v) is 4.65. The van der Waals surface area contributed by atoms with Crippen LogP contribution in [0.25, 0.3) is 10.2 Å². The molecule has 3 aromatic rings. The first-order valence-corrected chi connectivity index (χ1v) is 10.4. The van der Waals surface area contributed by atoms with Gasteiger partial charge in [0.05, 0.1) is 11.4 Å². The normalized spacial score (nSPS) is 14.6. The maximum atomic E-state index is 12.7.